The van der Waals surface area contributed by atoms with Crippen LogP contribution in [0.3, 0.4) is 0 Å². The highest BCUT2D eigenvalue weighted by Gasteiger charge is 2.24. The third-order valence-corrected chi connectivity index (χ3v) is 8.12. The molecule has 0 aromatic heterocycles. The van der Waals surface area contributed by atoms with E-state index in [9.17, 15) is 33.4 Å². The minimum absolute atomic E-state index is 0.00705. The van der Waals surface area contributed by atoms with Crippen molar-refractivity contribution in [1.29, 1.82) is 0 Å². The minimum Gasteiger partial charge on any atom is -0.505 e. The molecule has 2 heterocycles. The maximum Gasteiger partial charge on any atom is 0.323 e. The number of aldehydes is 1. The van der Waals surface area contributed by atoms with Gasteiger partial charge in [0.1, 0.15) is 48.9 Å². The van der Waals surface area contributed by atoms with Gasteiger partial charge in [0.05, 0.1) is 31.1 Å². The van der Waals surface area contributed by atoms with Crippen LogP contribution in [0.5, 0.6) is 17.2 Å². The lowest BCUT2D eigenvalue weighted by Crippen LogP contribution is -2.34. The number of anilines is 2. The third-order valence-electron chi connectivity index (χ3n) is 8.12. The first-order valence-electron chi connectivity index (χ1n) is 15.4. The van der Waals surface area contributed by atoms with Crippen LogP contribution in [0, 0.1) is 18.6 Å². The smallest absolute Gasteiger partial charge is 0.323 e. The number of aromatic hydroxyl groups is 1. The number of carbonyl (C=O) groups excluding carboxylic acids is 1. The van der Waals surface area contributed by atoms with Gasteiger partial charge >= 0.3 is 5.97 Å². The summed E-state index contributed by atoms with van der Waals surface area (Å²) in [4.78, 5) is 39.1. The molecule has 3 aromatic rings. The van der Waals surface area contributed by atoms with Crippen molar-refractivity contribution >= 4 is 34.6 Å². The van der Waals surface area contributed by atoms with Crippen LogP contribution in [-0.2, 0) is 14.3 Å². The number of phenols is 1. The lowest BCUT2D eigenvalue weighted by atomic mass is 9.93. The first kappa shape index (κ1) is 33.2. The van der Waals surface area contributed by atoms with Gasteiger partial charge in [-0.05, 0) is 54.4 Å². The fourth-order valence-electron chi connectivity index (χ4n) is 5.86. The number of aliphatic carboxylic acids is 1. The molecule has 0 radical (unpaired) electrons. The van der Waals surface area contributed by atoms with E-state index in [0.717, 1.165) is 36.1 Å². The van der Waals surface area contributed by atoms with E-state index in [1.165, 1.54) is 0 Å². The number of benzene rings is 4. The fraction of sp³-hybridized carbons (Fsp3) is 0.250. The molecule has 3 aromatic carbocycles. The van der Waals surface area contributed by atoms with Crippen molar-refractivity contribution in [2.24, 2.45) is 0 Å². The molecule has 3 aliphatic rings. The molecule has 13 heteroatoms. The van der Waals surface area contributed by atoms with Crippen LogP contribution in [-0.4, -0.2) is 75.1 Å². The van der Waals surface area contributed by atoms with Crippen LogP contribution < -0.4 is 24.7 Å². The summed E-state index contributed by atoms with van der Waals surface area (Å²) in [6.45, 7) is 2.66. The van der Waals surface area contributed by atoms with Crippen molar-refractivity contribution in [2.45, 2.75) is 6.92 Å². The van der Waals surface area contributed by atoms with Gasteiger partial charge < -0.3 is 43.4 Å². The van der Waals surface area contributed by atoms with Gasteiger partial charge in [0.25, 0.3) is 0 Å². The fourth-order valence-corrected chi connectivity index (χ4v) is 5.86. The van der Waals surface area contributed by atoms with E-state index in [2.05, 4.69) is 0 Å². The van der Waals surface area contributed by atoms with E-state index in [-0.39, 0.29) is 67.6 Å². The van der Waals surface area contributed by atoms with Crippen molar-refractivity contribution in [3.63, 3.8) is 0 Å². The minimum atomic E-state index is -1.10. The Kier molecular flexibility index (Phi) is 9.63. The topological polar surface area (TPSA) is 139 Å². The van der Waals surface area contributed by atoms with Crippen LogP contribution in [0.25, 0.3) is 33.4 Å². The molecule has 0 amide bonds. The van der Waals surface area contributed by atoms with E-state index in [4.69, 9.17) is 18.6 Å². The molecule has 0 saturated carbocycles. The standard InChI is InChI=1S/C36H32F2N2O9/c1-21-2-4-27-33(14-21)47-12-13-48-34-15-22(3-5-28(34)40(20-35(44)45)8-11-46-10-7-39(27)6-9-41)36-23-16-25(37)29(42)18-31(23)49-32-19-30(43)26(38)17-24(32)36/h2-5,9,14-19,42H,6-8,10-13,20H2,1H3,(H,44,45). The van der Waals surface area contributed by atoms with Crippen molar-refractivity contribution in [2.75, 3.05) is 62.4 Å². The number of phenolic OH excluding ortho intramolecular Hbond substituents is 1. The molecule has 0 saturated heterocycles. The molecule has 49 heavy (non-hydrogen) atoms. The molecular weight excluding hydrogens is 642 g/mol. The van der Waals surface area contributed by atoms with Gasteiger partial charge in [0.2, 0.25) is 5.43 Å². The molecule has 0 fully saturated rings. The predicted molar refractivity (Wildman–Crippen MR) is 177 cm³/mol. The summed E-state index contributed by atoms with van der Waals surface area (Å²) < 4.78 is 53.4. The Bertz CT molecular complexity index is 2070. The van der Waals surface area contributed by atoms with E-state index in [1.54, 1.807) is 23.1 Å². The van der Waals surface area contributed by atoms with E-state index >= 15 is 0 Å². The number of rotatable bonds is 5. The summed E-state index contributed by atoms with van der Waals surface area (Å²) in [5.74, 6) is -2.97. The van der Waals surface area contributed by atoms with Crippen molar-refractivity contribution < 1.29 is 47.2 Å². The summed E-state index contributed by atoms with van der Waals surface area (Å²) in [7, 11) is 0. The maximum absolute atomic E-state index is 14.7. The lowest BCUT2D eigenvalue weighted by molar-refractivity contribution is -0.135. The molecule has 2 N–H and O–H groups in total. The van der Waals surface area contributed by atoms with Gasteiger partial charge in [-0.3, -0.25) is 9.59 Å². The van der Waals surface area contributed by atoms with Crippen LogP contribution in [0.1, 0.15) is 5.56 Å². The molecule has 254 valence electrons. The van der Waals surface area contributed by atoms with Gasteiger partial charge in [-0.25, -0.2) is 8.78 Å². The highest BCUT2D eigenvalue weighted by Crippen LogP contribution is 2.44. The summed E-state index contributed by atoms with van der Waals surface area (Å²) in [6.07, 6.45) is 0.794. The Morgan fingerprint density at radius 1 is 0.878 bits per heavy atom. The summed E-state index contributed by atoms with van der Waals surface area (Å²) in [6, 6.07) is 14.6. The van der Waals surface area contributed by atoms with E-state index in [0.29, 0.717) is 34.8 Å². The second kappa shape index (κ2) is 14.2. The number of fused-ring (bicyclic) bond motifs is 4. The number of hydrogen-bond acceptors (Lipinski definition) is 10. The number of carbonyl (C=O) groups is 2. The number of nitrogens with zero attached hydrogens (tertiary/aromatic N) is 2. The zero-order chi connectivity index (χ0) is 34.7. The molecular formula is C36H32F2N2O9. The Hall–Kier alpha value is -5.69. The van der Waals surface area contributed by atoms with Gasteiger partial charge in [0.15, 0.2) is 17.4 Å². The van der Waals surface area contributed by atoms with Gasteiger partial charge in [-0.15, -0.1) is 0 Å². The molecule has 2 aliphatic heterocycles. The lowest BCUT2D eigenvalue weighted by Gasteiger charge is -2.26. The number of aryl methyl sites for hydroxylation is 1. The van der Waals surface area contributed by atoms with E-state index < -0.39 is 35.3 Å². The number of carboxylic acid groups (broad SMARTS) is 1. The Balaban J connectivity index is 1.46. The number of halogens is 2. The third kappa shape index (κ3) is 7.11. The summed E-state index contributed by atoms with van der Waals surface area (Å²) in [5.41, 5.74) is 2.05. The van der Waals surface area contributed by atoms with Gasteiger partial charge in [-0.2, -0.15) is 0 Å². The van der Waals surface area contributed by atoms with Crippen molar-refractivity contribution in [1.82, 2.24) is 0 Å². The number of carboxylic acids is 1. The first-order valence-corrected chi connectivity index (χ1v) is 15.4. The zero-order valence-electron chi connectivity index (χ0n) is 26.4. The average molecular weight is 675 g/mol. The van der Waals surface area contributed by atoms with Crippen LogP contribution in [0.2, 0.25) is 0 Å². The molecule has 1 aliphatic carbocycles. The second-order valence-corrected chi connectivity index (χ2v) is 11.4. The molecule has 0 unspecified atom stereocenters. The van der Waals surface area contributed by atoms with Crippen LogP contribution in [0.4, 0.5) is 20.2 Å². The zero-order valence-corrected chi connectivity index (χ0v) is 26.4. The quantitative estimate of drug-likeness (QED) is 0.187. The van der Waals surface area contributed by atoms with Gasteiger partial charge in [-0.1, -0.05) is 12.1 Å². The van der Waals surface area contributed by atoms with Crippen LogP contribution in [0.15, 0.2) is 69.9 Å². The van der Waals surface area contributed by atoms with Crippen LogP contribution >= 0.6 is 0 Å². The largest absolute Gasteiger partial charge is 0.505 e. The first-order chi connectivity index (χ1) is 23.6. The number of ether oxygens (including phenoxy) is 3. The second-order valence-electron chi connectivity index (χ2n) is 11.4. The van der Waals surface area contributed by atoms with Gasteiger partial charge in [0, 0.05) is 41.7 Å². The molecule has 0 atom stereocenters. The van der Waals surface area contributed by atoms with Crippen molar-refractivity contribution in [3.05, 3.63) is 88.1 Å². The number of hydrogen-bond donors (Lipinski definition) is 2. The molecule has 0 bridgehead atoms. The molecule has 0 spiro atoms. The highest BCUT2D eigenvalue weighted by atomic mass is 19.1. The highest BCUT2D eigenvalue weighted by molar-refractivity contribution is 6.02. The Morgan fingerprint density at radius 2 is 1.57 bits per heavy atom. The Labute approximate surface area is 278 Å². The molecule has 6 rings (SSSR count). The average Bonchev–Trinajstić information content (AvgIpc) is 3.06. The molecule has 11 nitrogen and oxygen atoms in total. The SMILES string of the molecule is Cc1ccc2c(c1)OCCOc1cc(-c3c4cc(F)c(=O)cc-4oc4cc(O)c(F)cc34)ccc1N(CC(=O)O)CCOCCN2CC=O. The summed E-state index contributed by atoms with van der Waals surface area (Å²) >= 11 is 0. The van der Waals surface area contributed by atoms with E-state index in [1.807, 2.05) is 30.0 Å². The predicted octanol–water partition coefficient (Wildman–Crippen LogP) is 5.24. The Morgan fingerprint density at radius 3 is 2.31 bits per heavy atom. The van der Waals surface area contributed by atoms with Crippen molar-refractivity contribution in [3.8, 4) is 39.7 Å². The maximum atomic E-state index is 14.7. The summed E-state index contributed by atoms with van der Waals surface area (Å²) in [5, 5.41) is 20.0. The normalized spacial score (nSPS) is 14.3. The monoisotopic (exact) mass is 674 g/mol.